The van der Waals surface area contributed by atoms with Crippen molar-refractivity contribution in [3.05, 3.63) is 59.7 Å². The molecule has 2 aromatic carbocycles. The highest BCUT2D eigenvalue weighted by Gasteiger charge is 2.15. The van der Waals surface area contributed by atoms with E-state index in [1.165, 1.54) is 5.56 Å². The van der Waals surface area contributed by atoms with Gasteiger partial charge in [0.15, 0.2) is 0 Å². The molecule has 0 aliphatic heterocycles. The van der Waals surface area contributed by atoms with Crippen LogP contribution in [0, 0.1) is 0 Å². The molecule has 0 spiro atoms. The van der Waals surface area contributed by atoms with Crippen LogP contribution in [0.1, 0.15) is 39.7 Å². The normalized spacial score (nSPS) is 11.0. The van der Waals surface area contributed by atoms with Crippen molar-refractivity contribution in [3.63, 3.8) is 0 Å². The molecule has 0 aromatic heterocycles. The number of para-hydroxylation sites is 1. The van der Waals surface area contributed by atoms with Gasteiger partial charge in [-0.3, -0.25) is 0 Å². The molecule has 0 aliphatic rings. The van der Waals surface area contributed by atoms with Crippen LogP contribution in [-0.4, -0.2) is 12.5 Å². The highest BCUT2D eigenvalue weighted by molar-refractivity contribution is 5.71. The molecule has 2 heteroatoms. The Labute approximate surface area is 138 Å². The van der Waals surface area contributed by atoms with E-state index in [1.807, 2.05) is 37.1 Å². The van der Waals surface area contributed by atoms with Gasteiger partial charge in [-0.15, -0.1) is 0 Å². The number of hydrogen-bond acceptors (Lipinski definition) is 2. The van der Waals surface area contributed by atoms with Crippen LogP contribution in [0.3, 0.4) is 0 Å². The predicted octanol–water partition coefficient (Wildman–Crippen LogP) is 5.20. The molecule has 2 rings (SSSR count). The molecule has 23 heavy (non-hydrogen) atoms. The van der Waals surface area contributed by atoms with Gasteiger partial charge in [-0.1, -0.05) is 70.2 Å². The fourth-order valence-corrected chi connectivity index (χ4v) is 2.35. The van der Waals surface area contributed by atoms with Crippen LogP contribution in [0.5, 0.6) is 5.75 Å². The average Bonchev–Trinajstić information content (AvgIpc) is 2.55. The van der Waals surface area contributed by atoms with Gasteiger partial charge < -0.3 is 4.74 Å². The fourth-order valence-electron chi connectivity index (χ4n) is 2.35. The lowest BCUT2D eigenvalue weighted by molar-refractivity contribution is 0.350. The van der Waals surface area contributed by atoms with Crippen LogP contribution in [0.4, 0.5) is 0 Å². The molecule has 0 unspecified atom stereocenters. The summed E-state index contributed by atoms with van der Waals surface area (Å²) in [6.45, 7) is 8.84. The molecule has 0 saturated heterocycles. The van der Waals surface area contributed by atoms with Crippen LogP contribution in [0.2, 0.25) is 0 Å². The minimum Gasteiger partial charge on any atom is -0.488 e. The summed E-state index contributed by atoms with van der Waals surface area (Å²) >= 11 is 0. The lowest BCUT2D eigenvalue weighted by Crippen LogP contribution is -2.10. The minimum atomic E-state index is 0.0987. The Morgan fingerprint density at radius 1 is 1.09 bits per heavy atom. The van der Waals surface area contributed by atoms with Gasteiger partial charge in [-0.2, -0.15) is 0 Å². The Morgan fingerprint density at radius 2 is 1.83 bits per heavy atom. The lowest BCUT2D eigenvalue weighted by Gasteiger charge is -2.20. The summed E-state index contributed by atoms with van der Waals surface area (Å²) in [5.41, 5.74) is 4.19. The van der Waals surface area contributed by atoms with Gasteiger partial charge in [-0.05, 0) is 29.0 Å². The third-order valence-corrected chi connectivity index (χ3v) is 3.90. The topological polar surface area (TPSA) is 26.3 Å². The summed E-state index contributed by atoms with van der Waals surface area (Å²) in [4.78, 5) is 10.8. The summed E-state index contributed by atoms with van der Waals surface area (Å²) in [6.07, 6.45) is 0.658. The molecule has 2 nitrogen and oxygen atoms in total. The van der Waals surface area contributed by atoms with Crippen molar-refractivity contribution in [2.45, 2.75) is 39.5 Å². The standard InChI is InChI=1S/C21H24O2/c1-5-16(14-22)15-23-20-12-7-6-11-19(20)17-9-8-10-18(13-17)21(2,3)4/h6-13H,5,15H2,1-4H3. The van der Waals surface area contributed by atoms with Crippen LogP contribution < -0.4 is 4.74 Å². The summed E-state index contributed by atoms with van der Waals surface area (Å²) in [6, 6.07) is 16.5. The van der Waals surface area contributed by atoms with Gasteiger partial charge in [0.25, 0.3) is 0 Å². The van der Waals surface area contributed by atoms with E-state index in [1.54, 1.807) is 0 Å². The van der Waals surface area contributed by atoms with Gasteiger partial charge in [-0.25, -0.2) is 4.79 Å². The third-order valence-electron chi connectivity index (χ3n) is 3.90. The maximum Gasteiger partial charge on any atom is 0.127 e. The molecule has 0 N–H and O–H groups in total. The van der Waals surface area contributed by atoms with Gasteiger partial charge in [0.2, 0.25) is 0 Å². The van der Waals surface area contributed by atoms with E-state index >= 15 is 0 Å². The summed E-state index contributed by atoms with van der Waals surface area (Å²) in [5.74, 6) is 2.74. The first-order chi connectivity index (χ1) is 11.0. The Hall–Kier alpha value is -2.31. The third kappa shape index (κ3) is 4.34. The number of hydrogen-bond donors (Lipinski definition) is 0. The van der Waals surface area contributed by atoms with E-state index in [0.717, 1.165) is 16.9 Å². The zero-order valence-electron chi connectivity index (χ0n) is 14.3. The molecule has 0 atom stereocenters. The number of ether oxygens (including phenoxy) is 1. The van der Waals surface area contributed by atoms with Crippen LogP contribution in [0.25, 0.3) is 11.1 Å². The van der Waals surface area contributed by atoms with E-state index < -0.39 is 0 Å². The Kier molecular flexibility index (Phi) is 5.41. The number of carbonyl (C=O) groups excluding carboxylic acids is 1. The first kappa shape index (κ1) is 17.1. The van der Waals surface area contributed by atoms with Crippen molar-refractivity contribution < 1.29 is 9.53 Å². The second-order valence-corrected chi connectivity index (χ2v) is 6.67. The average molecular weight is 308 g/mol. The van der Waals surface area contributed by atoms with Crippen molar-refractivity contribution in [2.24, 2.45) is 0 Å². The molecule has 0 aliphatic carbocycles. The van der Waals surface area contributed by atoms with Gasteiger partial charge >= 0.3 is 0 Å². The second kappa shape index (κ2) is 7.30. The van der Waals surface area contributed by atoms with Crippen molar-refractivity contribution in [1.29, 1.82) is 0 Å². The van der Waals surface area contributed by atoms with Crippen molar-refractivity contribution in [2.75, 3.05) is 6.61 Å². The van der Waals surface area contributed by atoms with E-state index in [-0.39, 0.29) is 12.0 Å². The first-order valence-electron chi connectivity index (χ1n) is 8.01. The van der Waals surface area contributed by atoms with Crippen LogP contribution >= 0.6 is 0 Å². The van der Waals surface area contributed by atoms with E-state index in [4.69, 9.17) is 4.74 Å². The predicted molar refractivity (Wildman–Crippen MR) is 95.6 cm³/mol. The Balaban J connectivity index is 2.35. The summed E-state index contributed by atoms with van der Waals surface area (Å²) in [7, 11) is 0. The quantitative estimate of drug-likeness (QED) is 0.710. The summed E-state index contributed by atoms with van der Waals surface area (Å²) in [5, 5.41) is 0. The molecule has 0 amide bonds. The Bertz CT molecular complexity index is 717. The highest BCUT2D eigenvalue weighted by atomic mass is 16.5. The monoisotopic (exact) mass is 308 g/mol. The van der Waals surface area contributed by atoms with Crippen molar-refractivity contribution >= 4 is 5.94 Å². The van der Waals surface area contributed by atoms with E-state index in [9.17, 15) is 4.79 Å². The lowest BCUT2D eigenvalue weighted by atomic mass is 9.85. The van der Waals surface area contributed by atoms with Crippen LogP contribution in [0.15, 0.2) is 54.1 Å². The largest absolute Gasteiger partial charge is 0.488 e. The molecule has 0 bridgehead atoms. The molecule has 0 fully saturated rings. The van der Waals surface area contributed by atoms with Crippen molar-refractivity contribution in [1.82, 2.24) is 0 Å². The minimum absolute atomic E-state index is 0.0987. The van der Waals surface area contributed by atoms with Crippen molar-refractivity contribution in [3.8, 4) is 16.9 Å². The molecule has 0 saturated carbocycles. The van der Waals surface area contributed by atoms with Crippen LogP contribution in [-0.2, 0) is 10.2 Å². The highest BCUT2D eigenvalue weighted by Crippen LogP contribution is 2.33. The maximum absolute atomic E-state index is 10.8. The summed E-state index contributed by atoms with van der Waals surface area (Å²) < 4.78 is 5.86. The smallest absolute Gasteiger partial charge is 0.127 e. The first-order valence-corrected chi connectivity index (χ1v) is 8.01. The molecule has 0 radical (unpaired) electrons. The van der Waals surface area contributed by atoms with Gasteiger partial charge in [0, 0.05) is 5.56 Å². The van der Waals surface area contributed by atoms with E-state index in [0.29, 0.717) is 12.0 Å². The SMILES string of the molecule is CCC(=C=O)COc1ccccc1-c1cccc(C(C)(C)C)c1. The Morgan fingerprint density at radius 3 is 2.48 bits per heavy atom. The molecular weight excluding hydrogens is 284 g/mol. The molecule has 2 aromatic rings. The zero-order chi connectivity index (χ0) is 16.9. The molecule has 120 valence electrons. The maximum atomic E-state index is 10.8. The fraction of sp³-hybridized carbons (Fsp3) is 0.333. The molecule has 0 heterocycles. The van der Waals surface area contributed by atoms with E-state index in [2.05, 4.69) is 45.0 Å². The zero-order valence-corrected chi connectivity index (χ0v) is 14.3. The second-order valence-electron chi connectivity index (χ2n) is 6.67. The van der Waals surface area contributed by atoms with Gasteiger partial charge in [0.1, 0.15) is 18.3 Å². The number of rotatable bonds is 5. The van der Waals surface area contributed by atoms with Gasteiger partial charge in [0.05, 0.1) is 5.57 Å². The number of benzene rings is 2. The molecular formula is C21H24O2.